The summed E-state index contributed by atoms with van der Waals surface area (Å²) in [6.07, 6.45) is 0. The lowest BCUT2D eigenvalue weighted by molar-refractivity contribution is 0.669. The van der Waals surface area contributed by atoms with Crippen LogP contribution in [0.5, 0.6) is 0 Å². The predicted molar refractivity (Wildman–Crippen MR) is 210 cm³/mol. The van der Waals surface area contributed by atoms with Crippen LogP contribution in [0.1, 0.15) is 0 Å². The number of nitrogens with zero attached hydrogens (tertiary/aromatic N) is 1. The molecule has 0 amide bonds. The molecule has 49 heavy (non-hydrogen) atoms. The van der Waals surface area contributed by atoms with Crippen LogP contribution in [0, 0.1) is 0 Å². The molecule has 0 saturated carbocycles. The summed E-state index contributed by atoms with van der Waals surface area (Å²) in [6.45, 7) is 0. The van der Waals surface area contributed by atoms with Crippen LogP contribution < -0.4 is 4.90 Å². The van der Waals surface area contributed by atoms with Crippen molar-refractivity contribution in [2.45, 2.75) is 0 Å². The molecule has 8 aromatic carbocycles. The van der Waals surface area contributed by atoms with Crippen molar-refractivity contribution >= 4 is 81.3 Å². The molecule has 2 nitrogen and oxygen atoms in total. The van der Waals surface area contributed by atoms with Crippen molar-refractivity contribution in [2.24, 2.45) is 0 Å². The van der Waals surface area contributed by atoms with E-state index in [4.69, 9.17) is 4.42 Å². The van der Waals surface area contributed by atoms with Gasteiger partial charge in [-0.25, -0.2) is 0 Å². The van der Waals surface area contributed by atoms with Crippen LogP contribution in [0.2, 0.25) is 0 Å². The Morgan fingerprint density at radius 2 is 1.02 bits per heavy atom. The van der Waals surface area contributed by atoms with E-state index in [2.05, 4.69) is 181 Å². The summed E-state index contributed by atoms with van der Waals surface area (Å²) < 4.78 is 9.42. The Morgan fingerprint density at radius 3 is 1.82 bits per heavy atom. The van der Waals surface area contributed by atoms with E-state index in [1.54, 1.807) is 0 Å². The number of hydrogen-bond donors (Lipinski definition) is 0. The highest BCUT2D eigenvalue weighted by molar-refractivity contribution is 7.27. The first-order chi connectivity index (χ1) is 24.3. The second-order valence-electron chi connectivity index (χ2n) is 12.5. The van der Waals surface area contributed by atoms with Crippen molar-refractivity contribution in [1.82, 2.24) is 0 Å². The molecule has 10 aromatic rings. The van der Waals surface area contributed by atoms with Crippen LogP contribution in [0.3, 0.4) is 0 Å². The molecule has 0 atom stereocenters. The molecular formula is C46H29NOS. The van der Waals surface area contributed by atoms with E-state index in [0.29, 0.717) is 0 Å². The molecule has 0 bridgehead atoms. The van der Waals surface area contributed by atoms with E-state index in [9.17, 15) is 0 Å². The third-order valence-corrected chi connectivity index (χ3v) is 10.9. The molecule has 0 saturated heterocycles. The first-order valence-corrected chi connectivity index (χ1v) is 17.4. The normalized spacial score (nSPS) is 11.7. The summed E-state index contributed by atoms with van der Waals surface area (Å²) in [7, 11) is 0. The smallest absolute Gasteiger partial charge is 0.159 e. The lowest BCUT2D eigenvalue weighted by atomic mass is 9.94. The van der Waals surface area contributed by atoms with Crippen LogP contribution in [-0.4, -0.2) is 0 Å². The Hall–Kier alpha value is -6.16. The third kappa shape index (κ3) is 4.47. The molecule has 0 unspecified atom stereocenters. The minimum absolute atomic E-state index is 0.884. The minimum Gasteiger partial charge on any atom is -0.454 e. The van der Waals surface area contributed by atoms with E-state index >= 15 is 0 Å². The molecule has 0 aliphatic carbocycles. The van der Waals surface area contributed by atoms with Gasteiger partial charge in [-0.05, 0) is 75.5 Å². The van der Waals surface area contributed by atoms with Crippen LogP contribution in [0.25, 0.3) is 75.1 Å². The van der Waals surface area contributed by atoms with Gasteiger partial charge >= 0.3 is 0 Å². The van der Waals surface area contributed by atoms with Gasteiger partial charge in [-0.3, -0.25) is 0 Å². The van der Waals surface area contributed by atoms with Gasteiger partial charge in [0.25, 0.3) is 0 Å². The summed E-state index contributed by atoms with van der Waals surface area (Å²) in [4.78, 5) is 2.31. The fourth-order valence-corrected chi connectivity index (χ4v) is 8.79. The van der Waals surface area contributed by atoms with Crippen LogP contribution >= 0.6 is 11.3 Å². The predicted octanol–water partition coefficient (Wildman–Crippen LogP) is 13.9. The van der Waals surface area contributed by atoms with Gasteiger partial charge in [0.15, 0.2) is 5.58 Å². The average molecular weight is 644 g/mol. The Kier molecular flexibility index (Phi) is 6.39. The van der Waals surface area contributed by atoms with Gasteiger partial charge in [-0.1, -0.05) is 133 Å². The topological polar surface area (TPSA) is 16.4 Å². The molecule has 0 radical (unpaired) electrons. The highest BCUT2D eigenvalue weighted by Crippen LogP contribution is 2.47. The van der Waals surface area contributed by atoms with Crippen LogP contribution in [0.4, 0.5) is 17.1 Å². The van der Waals surface area contributed by atoms with E-state index < -0.39 is 0 Å². The number of fused-ring (bicyclic) bond motifs is 9. The van der Waals surface area contributed by atoms with Crippen molar-refractivity contribution in [3.05, 3.63) is 176 Å². The van der Waals surface area contributed by atoms with E-state index in [-0.39, 0.29) is 0 Å². The molecule has 0 fully saturated rings. The minimum atomic E-state index is 0.884. The Labute approximate surface area is 287 Å². The number of para-hydroxylation sites is 2. The van der Waals surface area contributed by atoms with E-state index in [1.165, 1.54) is 58.6 Å². The van der Waals surface area contributed by atoms with Crippen molar-refractivity contribution in [2.75, 3.05) is 4.90 Å². The van der Waals surface area contributed by atoms with Crippen molar-refractivity contribution in [1.29, 1.82) is 0 Å². The van der Waals surface area contributed by atoms with Crippen LogP contribution in [0.15, 0.2) is 180 Å². The van der Waals surface area contributed by atoms with Gasteiger partial charge in [0.05, 0.1) is 5.69 Å². The van der Waals surface area contributed by atoms with Gasteiger partial charge in [0.1, 0.15) is 5.58 Å². The maximum atomic E-state index is 6.82. The van der Waals surface area contributed by atoms with Gasteiger partial charge in [0, 0.05) is 42.3 Å². The Bertz CT molecular complexity index is 2810. The number of benzene rings is 8. The molecular weight excluding hydrogens is 615 g/mol. The van der Waals surface area contributed by atoms with Crippen molar-refractivity contribution < 1.29 is 4.42 Å². The molecule has 10 rings (SSSR count). The molecule has 0 N–H and O–H groups in total. The standard InChI is InChI=1S/C46H29NOS/c1-3-12-30(13-4-1)35-17-9-10-18-36(35)32-22-25-34(26-23-32)47(33-15-5-2-6-16-33)41-21-11-20-40-43-42(48-44(40)41)29-28-39-38-27-24-31-14-7-8-19-37(31)45(38)49-46(39)43/h1-29H. The summed E-state index contributed by atoms with van der Waals surface area (Å²) in [6, 6.07) is 62.8. The van der Waals surface area contributed by atoms with Gasteiger partial charge < -0.3 is 9.32 Å². The number of hydrogen-bond acceptors (Lipinski definition) is 3. The van der Waals surface area contributed by atoms with Gasteiger partial charge in [-0.15, -0.1) is 11.3 Å². The number of anilines is 3. The van der Waals surface area contributed by atoms with Crippen molar-refractivity contribution in [3.63, 3.8) is 0 Å². The largest absolute Gasteiger partial charge is 0.454 e. The summed E-state index contributed by atoms with van der Waals surface area (Å²) in [5.74, 6) is 0. The van der Waals surface area contributed by atoms with Gasteiger partial charge in [0.2, 0.25) is 0 Å². The zero-order valence-corrected chi connectivity index (χ0v) is 27.3. The SMILES string of the molecule is c1ccc(-c2ccccc2-c2ccc(N(c3ccccc3)c3cccc4c3oc3ccc5c6ccc7ccccc7c6sc5c34)cc2)cc1. The molecule has 0 aliphatic rings. The third-order valence-electron chi connectivity index (χ3n) is 9.67. The maximum absolute atomic E-state index is 6.82. The molecule has 2 aromatic heterocycles. The number of thiophene rings is 1. The quantitative estimate of drug-likeness (QED) is 0.186. The molecule has 0 spiro atoms. The summed E-state index contributed by atoms with van der Waals surface area (Å²) in [5.41, 5.74) is 9.78. The lowest BCUT2D eigenvalue weighted by Crippen LogP contribution is -2.10. The fourth-order valence-electron chi connectivity index (χ4n) is 7.40. The molecule has 2 heterocycles. The summed E-state index contributed by atoms with van der Waals surface area (Å²) in [5, 5.41) is 7.45. The zero-order chi connectivity index (χ0) is 32.3. The molecule has 230 valence electrons. The zero-order valence-electron chi connectivity index (χ0n) is 26.5. The van der Waals surface area contributed by atoms with Crippen LogP contribution in [-0.2, 0) is 0 Å². The second kappa shape index (κ2) is 11.2. The fraction of sp³-hybridized carbons (Fsp3) is 0. The lowest BCUT2D eigenvalue weighted by Gasteiger charge is -2.25. The maximum Gasteiger partial charge on any atom is 0.159 e. The first kappa shape index (κ1) is 27.9. The molecule has 0 aliphatic heterocycles. The highest BCUT2D eigenvalue weighted by Gasteiger charge is 2.22. The van der Waals surface area contributed by atoms with Gasteiger partial charge in [-0.2, -0.15) is 0 Å². The number of rotatable bonds is 5. The Morgan fingerprint density at radius 1 is 0.408 bits per heavy atom. The summed E-state index contributed by atoms with van der Waals surface area (Å²) >= 11 is 1.87. The Balaban J connectivity index is 1.15. The highest BCUT2D eigenvalue weighted by atomic mass is 32.1. The first-order valence-electron chi connectivity index (χ1n) is 16.6. The van der Waals surface area contributed by atoms with E-state index in [0.717, 1.165) is 33.6 Å². The molecule has 3 heteroatoms. The second-order valence-corrected chi connectivity index (χ2v) is 13.5. The van der Waals surface area contributed by atoms with Crippen molar-refractivity contribution in [3.8, 4) is 22.3 Å². The van der Waals surface area contributed by atoms with E-state index in [1.807, 2.05) is 11.3 Å². The number of furan rings is 1. The average Bonchev–Trinajstić information content (AvgIpc) is 3.75. The monoisotopic (exact) mass is 643 g/mol.